The molecular formula is C59H48O. The molecule has 0 N–H and O–H groups in total. The fourth-order valence-corrected chi connectivity index (χ4v) is 10.4. The topological polar surface area (TPSA) is 13.1 Å². The van der Waals surface area contributed by atoms with E-state index < -0.39 is 0 Å². The number of furan rings is 1. The van der Waals surface area contributed by atoms with E-state index in [1.807, 2.05) is 25.2 Å². The van der Waals surface area contributed by atoms with Gasteiger partial charge in [0.1, 0.15) is 11.3 Å². The molecule has 0 saturated carbocycles. The lowest BCUT2D eigenvalue weighted by Crippen LogP contribution is -2.31. The minimum Gasteiger partial charge on any atom is -0.456 e. The van der Waals surface area contributed by atoms with Gasteiger partial charge in [0.05, 0.1) is 0 Å². The minimum absolute atomic E-state index is 0.146. The molecule has 9 aromatic rings. The monoisotopic (exact) mass is 772 g/mol. The molecule has 0 radical (unpaired) electrons. The Hall–Kier alpha value is -6.96. The zero-order chi connectivity index (χ0) is 41.4. The van der Waals surface area contributed by atoms with Crippen molar-refractivity contribution in [3.05, 3.63) is 185 Å². The van der Waals surface area contributed by atoms with Crippen LogP contribution in [0.25, 0.3) is 118 Å². The summed E-state index contributed by atoms with van der Waals surface area (Å²) in [5, 5.41) is 11.0. The molecule has 290 valence electrons. The van der Waals surface area contributed by atoms with Crippen LogP contribution < -0.4 is 10.4 Å². The summed E-state index contributed by atoms with van der Waals surface area (Å²) in [7, 11) is 0. The van der Waals surface area contributed by atoms with Crippen molar-refractivity contribution in [2.75, 3.05) is 0 Å². The van der Waals surface area contributed by atoms with Crippen molar-refractivity contribution in [2.24, 2.45) is 0 Å². The second-order valence-corrected chi connectivity index (χ2v) is 16.7. The highest BCUT2D eigenvalue weighted by molar-refractivity contribution is 6.06. The lowest BCUT2D eigenvalue weighted by Gasteiger charge is -2.23. The summed E-state index contributed by atoms with van der Waals surface area (Å²) in [6.45, 7) is 22.0. The number of allylic oxidation sites excluding steroid dienone is 1. The molecule has 0 aliphatic heterocycles. The van der Waals surface area contributed by atoms with Crippen molar-refractivity contribution >= 4 is 73.7 Å². The summed E-state index contributed by atoms with van der Waals surface area (Å²) in [6.07, 6.45) is 12.6. The second kappa shape index (κ2) is 14.1. The molecule has 0 amide bonds. The molecule has 0 unspecified atom stereocenters. The summed E-state index contributed by atoms with van der Waals surface area (Å²) >= 11 is 0. The average Bonchev–Trinajstić information content (AvgIpc) is 3.71. The van der Waals surface area contributed by atoms with Crippen LogP contribution in [-0.4, -0.2) is 0 Å². The van der Waals surface area contributed by atoms with Crippen molar-refractivity contribution in [3.63, 3.8) is 0 Å². The van der Waals surface area contributed by atoms with Crippen molar-refractivity contribution in [1.82, 2.24) is 0 Å². The number of benzene rings is 8. The van der Waals surface area contributed by atoms with Gasteiger partial charge in [-0.3, -0.25) is 0 Å². The van der Waals surface area contributed by atoms with E-state index in [1.54, 1.807) is 0 Å². The van der Waals surface area contributed by atoms with E-state index in [1.165, 1.54) is 109 Å². The third-order valence-corrected chi connectivity index (χ3v) is 13.2. The third kappa shape index (κ3) is 5.46. The van der Waals surface area contributed by atoms with Gasteiger partial charge in [-0.2, -0.15) is 0 Å². The Bertz CT molecular complexity index is 3470. The smallest absolute Gasteiger partial charge is 0.135 e. The van der Waals surface area contributed by atoms with Gasteiger partial charge in [0.2, 0.25) is 0 Å². The highest BCUT2D eigenvalue weighted by Gasteiger charge is 2.37. The number of hydrogen-bond donors (Lipinski definition) is 0. The van der Waals surface area contributed by atoms with Gasteiger partial charge >= 0.3 is 0 Å². The molecule has 0 bridgehead atoms. The van der Waals surface area contributed by atoms with Crippen molar-refractivity contribution in [2.45, 2.75) is 47.0 Å². The van der Waals surface area contributed by atoms with Gasteiger partial charge in [0.15, 0.2) is 0 Å². The Labute approximate surface area is 352 Å². The Balaban J connectivity index is 1.08. The van der Waals surface area contributed by atoms with E-state index in [4.69, 9.17) is 4.42 Å². The number of rotatable bonds is 6. The fraction of sp³-hybridized carbons (Fsp3) is 0.119. The second-order valence-electron chi connectivity index (χ2n) is 16.7. The zero-order valence-electron chi connectivity index (χ0n) is 35.3. The Morgan fingerprint density at radius 1 is 0.533 bits per heavy atom. The van der Waals surface area contributed by atoms with Gasteiger partial charge in [-0.1, -0.05) is 148 Å². The lowest BCUT2D eigenvalue weighted by molar-refractivity contribution is 0.601. The van der Waals surface area contributed by atoms with Crippen LogP contribution in [0.2, 0.25) is 0 Å². The van der Waals surface area contributed by atoms with E-state index in [0.29, 0.717) is 0 Å². The standard InChI is InChI=1S/C59H48O/c1-9-17-54-35(6)50-34-51-41(33-55(50)60-54)26-28-49-52-32-40(27-29-53(52)59(7,8)58(49)51)38-22-23-39-31-42(25-24-37(39)30-38)56-43(10-2)45(12-4)57(46(13-5)44(56)11-3)48-21-16-19-36-18-14-15-20-47(36)48/h9-34H,2,4H2,1,3,5-8H3/b17-9-,44-11+,46-13+. The summed E-state index contributed by atoms with van der Waals surface area (Å²) in [5.41, 5.74) is 16.8. The van der Waals surface area contributed by atoms with Crippen molar-refractivity contribution < 1.29 is 4.42 Å². The number of hydrogen-bond acceptors (Lipinski definition) is 1. The molecule has 0 spiro atoms. The van der Waals surface area contributed by atoms with Crippen LogP contribution in [0, 0.1) is 6.92 Å². The van der Waals surface area contributed by atoms with Gasteiger partial charge in [0, 0.05) is 16.4 Å². The first-order valence-corrected chi connectivity index (χ1v) is 21.1. The molecule has 0 fully saturated rings. The highest BCUT2D eigenvalue weighted by atomic mass is 16.3. The van der Waals surface area contributed by atoms with Crippen LogP contribution in [0.3, 0.4) is 0 Å². The van der Waals surface area contributed by atoms with Crippen LogP contribution in [0.1, 0.15) is 68.2 Å². The van der Waals surface area contributed by atoms with E-state index in [0.717, 1.165) is 22.5 Å². The fourth-order valence-electron chi connectivity index (χ4n) is 10.4. The SMILES string of the molecule is C=Cc1c(C=C)c(-c2cccc3ccccc23)c(=C/C)/c(=C\C)c1-c1ccc2cc(-c3ccc4c(c3)-c3ccc5cc6oc(/C=C\C)c(C)c6cc5c3C4(C)C)ccc2c1. The summed E-state index contributed by atoms with van der Waals surface area (Å²) in [4.78, 5) is 0. The first-order chi connectivity index (χ1) is 29.2. The van der Waals surface area contributed by atoms with Gasteiger partial charge < -0.3 is 4.42 Å². The quantitative estimate of drug-likeness (QED) is 0.164. The molecular weight excluding hydrogens is 725 g/mol. The molecule has 8 aromatic carbocycles. The van der Waals surface area contributed by atoms with Crippen LogP contribution in [0.15, 0.2) is 145 Å². The maximum atomic E-state index is 6.28. The molecule has 0 atom stereocenters. The van der Waals surface area contributed by atoms with E-state index >= 15 is 0 Å². The van der Waals surface area contributed by atoms with E-state index in [2.05, 4.69) is 187 Å². The van der Waals surface area contributed by atoms with Gasteiger partial charge in [0.25, 0.3) is 0 Å². The van der Waals surface area contributed by atoms with E-state index in [-0.39, 0.29) is 5.41 Å². The molecule has 10 rings (SSSR count). The average molecular weight is 773 g/mol. The molecule has 60 heavy (non-hydrogen) atoms. The predicted molar refractivity (Wildman–Crippen MR) is 262 cm³/mol. The van der Waals surface area contributed by atoms with Gasteiger partial charge in [-0.25, -0.2) is 0 Å². The van der Waals surface area contributed by atoms with Crippen molar-refractivity contribution in [1.29, 1.82) is 0 Å². The largest absolute Gasteiger partial charge is 0.456 e. The molecule has 1 nitrogen and oxygen atoms in total. The Morgan fingerprint density at radius 3 is 1.93 bits per heavy atom. The normalized spacial score (nSPS) is 13.9. The molecule has 1 aromatic heterocycles. The highest BCUT2D eigenvalue weighted by Crippen LogP contribution is 2.53. The molecule has 1 aliphatic rings. The maximum Gasteiger partial charge on any atom is 0.135 e. The van der Waals surface area contributed by atoms with Crippen LogP contribution in [0.4, 0.5) is 0 Å². The summed E-state index contributed by atoms with van der Waals surface area (Å²) in [6, 6.07) is 45.2. The van der Waals surface area contributed by atoms with Crippen LogP contribution in [-0.2, 0) is 5.41 Å². The maximum absolute atomic E-state index is 6.28. The summed E-state index contributed by atoms with van der Waals surface area (Å²) < 4.78 is 6.28. The Kier molecular flexibility index (Phi) is 8.77. The first kappa shape index (κ1) is 37.3. The number of aryl methyl sites for hydroxylation is 1. The summed E-state index contributed by atoms with van der Waals surface area (Å²) in [5.74, 6) is 0.932. The number of fused-ring (bicyclic) bond motifs is 8. The first-order valence-electron chi connectivity index (χ1n) is 21.1. The molecule has 0 saturated heterocycles. The van der Waals surface area contributed by atoms with Crippen LogP contribution >= 0.6 is 0 Å². The van der Waals surface area contributed by atoms with Gasteiger partial charge in [-0.15, -0.1) is 0 Å². The van der Waals surface area contributed by atoms with Gasteiger partial charge in [-0.05, 0) is 174 Å². The predicted octanol–water partition coefficient (Wildman–Crippen LogP) is 15.4. The third-order valence-electron chi connectivity index (χ3n) is 13.2. The lowest BCUT2D eigenvalue weighted by atomic mass is 9.80. The molecule has 1 heterocycles. The Morgan fingerprint density at radius 2 is 1.18 bits per heavy atom. The molecule has 1 heteroatoms. The zero-order valence-corrected chi connectivity index (χ0v) is 35.3. The van der Waals surface area contributed by atoms with Crippen molar-refractivity contribution in [3.8, 4) is 44.5 Å². The minimum atomic E-state index is -0.146. The molecule has 1 aliphatic carbocycles. The van der Waals surface area contributed by atoms with E-state index in [9.17, 15) is 0 Å². The van der Waals surface area contributed by atoms with Crippen LogP contribution in [0.5, 0.6) is 0 Å².